The molecule has 29 heavy (non-hydrogen) atoms. The van der Waals surface area contributed by atoms with Crippen LogP contribution in [0.5, 0.6) is 0 Å². The van der Waals surface area contributed by atoms with Crippen LogP contribution in [-0.2, 0) is 20.2 Å². The minimum atomic E-state index is -3.75. The molecule has 1 fully saturated rings. The zero-order valence-corrected chi connectivity index (χ0v) is 18.5. The molecule has 0 saturated carbocycles. The number of carbonyl (C=O) groups is 1. The van der Waals surface area contributed by atoms with Crippen molar-refractivity contribution in [2.75, 3.05) is 18.4 Å². The number of aromatic nitrogens is 1. The lowest BCUT2D eigenvalue weighted by molar-refractivity contribution is -0.120. The van der Waals surface area contributed by atoms with Crippen LogP contribution in [0, 0.1) is 19.8 Å². The number of piperidine rings is 1. The molecule has 0 bridgehead atoms. The highest BCUT2D eigenvalue weighted by atomic mass is 32.2. The Bertz CT molecular complexity index is 986. The van der Waals surface area contributed by atoms with Crippen molar-refractivity contribution < 1.29 is 17.7 Å². The molecule has 0 radical (unpaired) electrons. The summed E-state index contributed by atoms with van der Waals surface area (Å²) in [6, 6.07) is 7.74. The number of benzene rings is 1. The van der Waals surface area contributed by atoms with Crippen LogP contribution in [0.4, 0.5) is 5.69 Å². The molecular formula is C21H29N3O4S. The average molecular weight is 420 g/mol. The van der Waals surface area contributed by atoms with E-state index in [1.54, 1.807) is 13.8 Å². The summed E-state index contributed by atoms with van der Waals surface area (Å²) in [5.74, 6) is -0.291. The fourth-order valence-electron chi connectivity index (χ4n) is 3.83. The van der Waals surface area contributed by atoms with Crippen molar-refractivity contribution in [1.82, 2.24) is 9.46 Å². The molecule has 1 aliphatic heterocycles. The van der Waals surface area contributed by atoms with Gasteiger partial charge in [0.15, 0.2) is 5.76 Å². The summed E-state index contributed by atoms with van der Waals surface area (Å²) in [5.41, 5.74) is 2.04. The smallest absolute Gasteiger partial charge is 0.248 e. The van der Waals surface area contributed by atoms with Crippen LogP contribution in [-0.4, -0.2) is 36.9 Å². The predicted octanol–water partition coefficient (Wildman–Crippen LogP) is 3.63. The predicted molar refractivity (Wildman–Crippen MR) is 111 cm³/mol. The van der Waals surface area contributed by atoms with E-state index in [0.717, 1.165) is 11.3 Å². The Hall–Kier alpha value is -2.19. The van der Waals surface area contributed by atoms with Crippen LogP contribution in [0.25, 0.3) is 0 Å². The second-order valence-corrected chi connectivity index (χ2v) is 10.5. The van der Waals surface area contributed by atoms with E-state index in [1.807, 2.05) is 24.3 Å². The van der Waals surface area contributed by atoms with Crippen LogP contribution >= 0.6 is 0 Å². The summed E-state index contributed by atoms with van der Waals surface area (Å²) >= 11 is 0. The normalized spacial score (nSPS) is 18.6. The molecule has 7 nitrogen and oxygen atoms in total. The molecule has 0 aliphatic carbocycles. The zero-order valence-electron chi connectivity index (χ0n) is 17.7. The molecule has 3 rings (SSSR count). The highest BCUT2D eigenvalue weighted by Crippen LogP contribution is 2.31. The Morgan fingerprint density at radius 1 is 1.24 bits per heavy atom. The number of carbonyl (C=O) groups excluding carboxylic acids is 1. The zero-order chi connectivity index (χ0) is 21.4. The van der Waals surface area contributed by atoms with E-state index < -0.39 is 15.9 Å². The quantitative estimate of drug-likeness (QED) is 0.817. The number of aryl methyl sites for hydroxylation is 2. The molecule has 8 heteroatoms. The first-order chi connectivity index (χ1) is 13.5. The number of sulfonamides is 1. The first kappa shape index (κ1) is 21.5. The van der Waals surface area contributed by atoms with Gasteiger partial charge in [0.1, 0.15) is 10.6 Å². The van der Waals surface area contributed by atoms with Gasteiger partial charge in [-0.3, -0.25) is 4.79 Å². The van der Waals surface area contributed by atoms with Crippen molar-refractivity contribution in [2.24, 2.45) is 5.92 Å². The topological polar surface area (TPSA) is 92.5 Å². The van der Waals surface area contributed by atoms with Gasteiger partial charge in [-0.15, -0.1) is 0 Å². The molecule has 0 spiro atoms. The van der Waals surface area contributed by atoms with Crippen molar-refractivity contribution in [1.29, 1.82) is 0 Å². The van der Waals surface area contributed by atoms with Crippen molar-refractivity contribution >= 4 is 21.6 Å². The van der Waals surface area contributed by atoms with E-state index in [1.165, 1.54) is 4.31 Å². The number of hydrogen-bond donors (Lipinski definition) is 1. The summed E-state index contributed by atoms with van der Waals surface area (Å²) in [5, 5.41) is 6.78. The first-order valence-corrected chi connectivity index (χ1v) is 11.3. The van der Waals surface area contributed by atoms with Gasteiger partial charge in [0, 0.05) is 18.8 Å². The van der Waals surface area contributed by atoms with Crippen LogP contribution in [0.15, 0.2) is 33.7 Å². The van der Waals surface area contributed by atoms with Gasteiger partial charge in [-0.25, -0.2) is 8.42 Å². The van der Waals surface area contributed by atoms with E-state index in [-0.39, 0.29) is 28.5 Å². The molecule has 1 amide bonds. The second kappa shape index (κ2) is 7.91. The number of nitrogens with zero attached hydrogens (tertiary/aromatic N) is 2. The third kappa shape index (κ3) is 4.38. The van der Waals surface area contributed by atoms with Gasteiger partial charge < -0.3 is 9.84 Å². The van der Waals surface area contributed by atoms with Crippen molar-refractivity contribution in [3.05, 3.63) is 41.3 Å². The molecule has 1 aromatic heterocycles. The summed E-state index contributed by atoms with van der Waals surface area (Å²) in [6.07, 6.45) is 1.28. The maximum absolute atomic E-state index is 13.1. The molecule has 1 unspecified atom stereocenters. The second-order valence-electron chi connectivity index (χ2n) is 8.64. The van der Waals surface area contributed by atoms with Gasteiger partial charge in [-0.1, -0.05) is 44.1 Å². The van der Waals surface area contributed by atoms with Crippen molar-refractivity contribution in [2.45, 2.75) is 57.8 Å². The maximum Gasteiger partial charge on any atom is 0.248 e. The fourth-order valence-corrected chi connectivity index (χ4v) is 5.64. The standard InChI is InChI=1S/C21H29N3O4S/c1-14-19(15(2)28-23-14)29(26,27)24-12-8-9-16(13-24)20(25)22-18-11-7-6-10-17(18)21(3,4)5/h6-7,10-11,16H,8-9,12-13H2,1-5H3,(H,22,25). The van der Waals surface area contributed by atoms with Crippen LogP contribution in [0.2, 0.25) is 0 Å². The molecule has 2 heterocycles. The van der Waals surface area contributed by atoms with Crippen LogP contribution in [0.3, 0.4) is 0 Å². The monoisotopic (exact) mass is 419 g/mol. The summed E-state index contributed by atoms with van der Waals surface area (Å²) in [6.45, 7) is 10.0. The van der Waals surface area contributed by atoms with Crippen LogP contribution < -0.4 is 5.32 Å². The molecule has 1 aromatic carbocycles. The number of nitrogens with one attached hydrogen (secondary N) is 1. The highest BCUT2D eigenvalue weighted by Gasteiger charge is 2.36. The average Bonchev–Trinajstić information content (AvgIpc) is 3.00. The third-order valence-corrected chi connectivity index (χ3v) is 7.42. The van der Waals surface area contributed by atoms with E-state index in [4.69, 9.17) is 4.52 Å². The van der Waals surface area contributed by atoms with Crippen molar-refractivity contribution in [3.8, 4) is 0 Å². The molecule has 2 aromatic rings. The molecule has 1 N–H and O–H groups in total. The van der Waals surface area contributed by atoms with Gasteiger partial charge in [-0.2, -0.15) is 4.31 Å². The fraction of sp³-hybridized carbons (Fsp3) is 0.524. The van der Waals surface area contributed by atoms with E-state index in [9.17, 15) is 13.2 Å². The Balaban J connectivity index is 1.79. The van der Waals surface area contributed by atoms with E-state index in [0.29, 0.717) is 25.1 Å². The van der Waals surface area contributed by atoms with Crippen LogP contribution in [0.1, 0.15) is 50.6 Å². The molecule has 1 saturated heterocycles. The Morgan fingerprint density at radius 3 is 2.55 bits per heavy atom. The number of rotatable bonds is 4. The number of para-hydroxylation sites is 1. The van der Waals surface area contributed by atoms with Gasteiger partial charge in [0.2, 0.25) is 15.9 Å². The Morgan fingerprint density at radius 2 is 1.93 bits per heavy atom. The third-order valence-electron chi connectivity index (χ3n) is 5.31. The van der Waals surface area contributed by atoms with Gasteiger partial charge >= 0.3 is 0 Å². The summed E-state index contributed by atoms with van der Waals surface area (Å²) in [7, 11) is -3.75. The van der Waals surface area contributed by atoms with Gasteiger partial charge in [0.25, 0.3) is 0 Å². The minimum absolute atomic E-state index is 0.108. The first-order valence-electron chi connectivity index (χ1n) is 9.85. The van der Waals surface area contributed by atoms with E-state index in [2.05, 4.69) is 31.2 Å². The summed E-state index contributed by atoms with van der Waals surface area (Å²) in [4.78, 5) is 13.1. The van der Waals surface area contributed by atoms with Gasteiger partial charge in [0.05, 0.1) is 5.92 Å². The maximum atomic E-state index is 13.1. The largest absolute Gasteiger partial charge is 0.360 e. The molecule has 1 aliphatic rings. The summed E-state index contributed by atoms with van der Waals surface area (Å²) < 4.78 is 32.6. The lowest BCUT2D eigenvalue weighted by Crippen LogP contribution is -2.44. The SMILES string of the molecule is Cc1noc(C)c1S(=O)(=O)N1CCCC(C(=O)Nc2ccccc2C(C)(C)C)C1. The lowest BCUT2D eigenvalue weighted by Gasteiger charge is -2.31. The number of hydrogen-bond acceptors (Lipinski definition) is 5. The number of amides is 1. The van der Waals surface area contributed by atoms with Crippen molar-refractivity contribution in [3.63, 3.8) is 0 Å². The van der Waals surface area contributed by atoms with Gasteiger partial charge in [-0.05, 0) is 43.7 Å². The highest BCUT2D eigenvalue weighted by molar-refractivity contribution is 7.89. The Kier molecular flexibility index (Phi) is 5.87. The molecule has 158 valence electrons. The molecule has 1 atom stereocenters. The number of anilines is 1. The lowest BCUT2D eigenvalue weighted by atomic mass is 9.85. The Labute approximate surface area is 172 Å². The minimum Gasteiger partial charge on any atom is -0.360 e. The van der Waals surface area contributed by atoms with E-state index >= 15 is 0 Å². The molecular weight excluding hydrogens is 390 g/mol.